The van der Waals surface area contributed by atoms with E-state index in [0.29, 0.717) is 6.54 Å². The van der Waals surface area contributed by atoms with Gasteiger partial charge in [0.25, 0.3) is 0 Å². The first kappa shape index (κ1) is 12.6. The van der Waals surface area contributed by atoms with Gasteiger partial charge < -0.3 is 10.2 Å². The van der Waals surface area contributed by atoms with E-state index in [9.17, 15) is 9.59 Å². The molecule has 1 aliphatic rings. The van der Waals surface area contributed by atoms with Gasteiger partial charge in [-0.3, -0.25) is 14.3 Å². The number of nitrogens with zero attached hydrogens (tertiary/aromatic N) is 3. The average molecular weight is 250 g/mol. The van der Waals surface area contributed by atoms with Crippen molar-refractivity contribution >= 4 is 11.8 Å². The standard InChI is InChI=1S/C12H18N4O2/c1-8(2)11-12(18)13-5-10(17)16(11)7-9-4-14-15(3)6-9/h4,6,8,11H,5,7H2,1-3H3,(H,13,18). The van der Waals surface area contributed by atoms with Crippen LogP contribution in [0.2, 0.25) is 0 Å². The highest BCUT2D eigenvalue weighted by atomic mass is 16.2. The number of nitrogens with one attached hydrogen (secondary N) is 1. The second-order valence-electron chi connectivity index (χ2n) is 4.95. The minimum absolute atomic E-state index is 0.0443. The molecule has 1 aliphatic heterocycles. The number of rotatable bonds is 3. The second-order valence-corrected chi connectivity index (χ2v) is 4.95. The lowest BCUT2D eigenvalue weighted by molar-refractivity contribution is -0.148. The Morgan fingerprint density at radius 3 is 2.78 bits per heavy atom. The lowest BCUT2D eigenvalue weighted by Gasteiger charge is -2.36. The molecule has 2 amide bonds. The van der Waals surface area contributed by atoms with Gasteiger partial charge in [0.15, 0.2) is 0 Å². The first-order valence-corrected chi connectivity index (χ1v) is 6.03. The van der Waals surface area contributed by atoms with E-state index in [4.69, 9.17) is 0 Å². The van der Waals surface area contributed by atoms with Crippen LogP contribution in [0.15, 0.2) is 12.4 Å². The number of aryl methyl sites for hydroxylation is 1. The molecule has 2 rings (SSSR count). The molecule has 0 aliphatic carbocycles. The maximum absolute atomic E-state index is 11.9. The molecule has 1 aromatic heterocycles. The molecule has 6 nitrogen and oxygen atoms in total. The van der Waals surface area contributed by atoms with Gasteiger partial charge in [-0.1, -0.05) is 13.8 Å². The van der Waals surface area contributed by atoms with Gasteiger partial charge in [0.1, 0.15) is 6.04 Å². The van der Waals surface area contributed by atoms with Crippen molar-refractivity contribution in [2.24, 2.45) is 13.0 Å². The van der Waals surface area contributed by atoms with E-state index in [1.54, 1.807) is 15.8 Å². The Morgan fingerprint density at radius 2 is 2.22 bits per heavy atom. The summed E-state index contributed by atoms with van der Waals surface area (Å²) in [6, 6.07) is -0.397. The Morgan fingerprint density at radius 1 is 1.50 bits per heavy atom. The molecule has 1 unspecified atom stereocenters. The molecule has 1 fully saturated rings. The Hall–Kier alpha value is -1.85. The molecule has 0 aromatic carbocycles. The lowest BCUT2D eigenvalue weighted by atomic mass is 9.99. The number of hydrogen-bond donors (Lipinski definition) is 1. The van der Waals surface area contributed by atoms with E-state index in [2.05, 4.69) is 10.4 Å². The summed E-state index contributed by atoms with van der Waals surface area (Å²) in [6.45, 7) is 4.41. The molecule has 18 heavy (non-hydrogen) atoms. The Bertz CT molecular complexity index is 466. The number of piperazine rings is 1. The summed E-state index contributed by atoms with van der Waals surface area (Å²) < 4.78 is 1.69. The molecule has 0 radical (unpaired) electrons. The predicted octanol–water partition coefficient (Wildman–Crippen LogP) is -0.0969. The molecule has 2 heterocycles. The number of carbonyl (C=O) groups is 2. The molecule has 0 bridgehead atoms. The fraction of sp³-hybridized carbons (Fsp3) is 0.583. The average Bonchev–Trinajstić information content (AvgIpc) is 2.69. The third-order valence-corrected chi connectivity index (χ3v) is 3.08. The van der Waals surface area contributed by atoms with E-state index in [1.165, 1.54) is 0 Å². The third-order valence-electron chi connectivity index (χ3n) is 3.08. The first-order chi connectivity index (χ1) is 8.49. The van der Waals surface area contributed by atoms with Crippen LogP contribution in [0, 0.1) is 5.92 Å². The van der Waals surface area contributed by atoms with Crippen molar-refractivity contribution in [1.29, 1.82) is 0 Å². The quantitative estimate of drug-likeness (QED) is 0.815. The van der Waals surface area contributed by atoms with E-state index in [-0.39, 0.29) is 24.3 Å². The summed E-state index contributed by atoms with van der Waals surface area (Å²) in [7, 11) is 1.83. The highest BCUT2D eigenvalue weighted by Gasteiger charge is 2.36. The minimum atomic E-state index is -0.397. The largest absolute Gasteiger partial charge is 0.345 e. The Kier molecular flexibility index (Phi) is 3.36. The summed E-state index contributed by atoms with van der Waals surface area (Å²) >= 11 is 0. The van der Waals surface area contributed by atoms with Gasteiger partial charge in [0, 0.05) is 25.4 Å². The molecular formula is C12H18N4O2. The van der Waals surface area contributed by atoms with Gasteiger partial charge in [0.05, 0.1) is 12.7 Å². The van der Waals surface area contributed by atoms with Crippen LogP contribution in [-0.4, -0.2) is 39.1 Å². The molecule has 98 valence electrons. The van der Waals surface area contributed by atoms with Crippen LogP contribution < -0.4 is 5.32 Å². The second kappa shape index (κ2) is 4.80. The maximum Gasteiger partial charge on any atom is 0.243 e. The predicted molar refractivity (Wildman–Crippen MR) is 65.4 cm³/mol. The lowest BCUT2D eigenvalue weighted by Crippen LogP contribution is -2.59. The normalized spacial score (nSPS) is 20.4. The summed E-state index contributed by atoms with van der Waals surface area (Å²) in [5.74, 6) is -0.0310. The van der Waals surface area contributed by atoms with Crippen molar-refractivity contribution in [3.63, 3.8) is 0 Å². The van der Waals surface area contributed by atoms with Crippen molar-refractivity contribution in [2.45, 2.75) is 26.4 Å². The van der Waals surface area contributed by atoms with E-state index in [1.807, 2.05) is 27.1 Å². The molecular weight excluding hydrogens is 232 g/mol. The van der Waals surface area contributed by atoms with Gasteiger partial charge in [-0.2, -0.15) is 5.10 Å². The van der Waals surface area contributed by atoms with Crippen molar-refractivity contribution in [2.75, 3.05) is 6.54 Å². The summed E-state index contributed by atoms with van der Waals surface area (Å²) in [5.41, 5.74) is 0.936. The highest BCUT2D eigenvalue weighted by molar-refractivity contribution is 5.94. The van der Waals surface area contributed by atoms with Crippen LogP contribution >= 0.6 is 0 Å². The molecule has 1 saturated heterocycles. The fourth-order valence-corrected chi connectivity index (χ4v) is 2.26. The molecule has 0 spiro atoms. The van der Waals surface area contributed by atoms with Gasteiger partial charge in [0.2, 0.25) is 11.8 Å². The maximum atomic E-state index is 11.9. The van der Waals surface area contributed by atoms with Gasteiger partial charge in [-0.25, -0.2) is 0 Å². The SMILES string of the molecule is CC(C)C1C(=O)NCC(=O)N1Cc1cnn(C)c1. The molecule has 0 saturated carbocycles. The smallest absolute Gasteiger partial charge is 0.243 e. The van der Waals surface area contributed by atoms with E-state index < -0.39 is 6.04 Å². The van der Waals surface area contributed by atoms with Gasteiger partial charge in [-0.15, -0.1) is 0 Å². The van der Waals surface area contributed by atoms with Gasteiger partial charge >= 0.3 is 0 Å². The Balaban J connectivity index is 2.20. The van der Waals surface area contributed by atoms with E-state index in [0.717, 1.165) is 5.56 Å². The topological polar surface area (TPSA) is 67.2 Å². The molecule has 1 N–H and O–H groups in total. The molecule has 6 heteroatoms. The Labute approximate surface area is 106 Å². The zero-order chi connectivity index (χ0) is 13.3. The van der Waals surface area contributed by atoms with Crippen LogP contribution in [0.4, 0.5) is 0 Å². The van der Waals surface area contributed by atoms with Crippen LogP contribution in [0.5, 0.6) is 0 Å². The molecule has 1 atom stereocenters. The van der Waals surface area contributed by atoms with Crippen molar-refractivity contribution in [3.8, 4) is 0 Å². The third kappa shape index (κ3) is 2.37. The van der Waals surface area contributed by atoms with Crippen LogP contribution in [0.1, 0.15) is 19.4 Å². The zero-order valence-electron chi connectivity index (χ0n) is 10.9. The monoisotopic (exact) mass is 250 g/mol. The van der Waals surface area contributed by atoms with Crippen molar-refractivity contribution < 1.29 is 9.59 Å². The van der Waals surface area contributed by atoms with Crippen molar-refractivity contribution in [3.05, 3.63) is 18.0 Å². The number of amides is 2. The number of carbonyl (C=O) groups excluding carboxylic acids is 2. The van der Waals surface area contributed by atoms with Crippen molar-refractivity contribution in [1.82, 2.24) is 20.0 Å². The summed E-state index contributed by atoms with van der Waals surface area (Å²) in [4.78, 5) is 25.5. The first-order valence-electron chi connectivity index (χ1n) is 6.03. The minimum Gasteiger partial charge on any atom is -0.345 e. The summed E-state index contributed by atoms with van der Waals surface area (Å²) in [6.07, 6.45) is 3.58. The number of hydrogen-bond acceptors (Lipinski definition) is 3. The van der Waals surface area contributed by atoms with Crippen LogP contribution in [0.3, 0.4) is 0 Å². The molecule has 1 aromatic rings. The van der Waals surface area contributed by atoms with Gasteiger partial charge in [-0.05, 0) is 5.92 Å². The highest BCUT2D eigenvalue weighted by Crippen LogP contribution is 2.17. The zero-order valence-corrected chi connectivity index (χ0v) is 10.9. The fourth-order valence-electron chi connectivity index (χ4n) is 2.26. The van der Waals surface area contributed by atoms with E-state index >= 15 is 0 Å². The summed E-state index contributed by atoms with van der Waals surface area (Å²) in [5, 5.41) is 6.71. The van der Waals surface area contributed by atoms with Crippen LogP contribution in [0.25, 0.3) is 0 Å². The van der Waals surface area contributed by atoms with Crippen LogP contribution in [-0.2, 0) is 23.2 Å². The number of aromatic nitrogens is 2.